The summed E-state index contributed by atoms with van der Waals surface area (Å²) in [6.45, 7) is 1.70. The van der Waals surface area contributed by atoms with Gasteiger partial charge in [-0.25, -0.2) is 4.79 Å². The number of esters is 1. The first kappa shape index (κ1) is 18.6. The zero-order chi connectivity index (χ0) is 18.6. The molecule has 1 aliphatic heterocycles. The van der Waals surface area contributed by atoms with E-state index in [0.29, 0.717) is 11.3 Å². The molecule has 8 heteroatoms. The largest absolute Gasteiger partial charge is 0.481 e. The lowest BCUT2D eigenvalue weighted by Gasteiger charge is -2.31. The van der Waals surface area contributed by atoms with Crippen LogP contribution >= 0.6 is 12.2 Å². The molecular formula is C17H18N2O5S. The van der Waals surface area contributed by atoms with Crippen LogP contribution in [0.1, 0.15) is 12.5 Å². The van der Waals surface area contributed by atoms with Crippen LogP contribution in [0, 0.1) is 0 Å². The van der Waals surface area contributed by atoms with Crippen molar-refractivity contribution in [2.75, 3.05) is 27.3 Å². The summed E-state index contributed by atoms with van der Waals surface area (Å²) in [6, 6.07) is 6.78. The van der Waals surface area contributed by atoms with Gasteiger partial charge in [0.1, 0.15) is 11.3 Å². The highest BCUT2D eigenvalue weighted by molar-refractivity contribution is 7.80. The molecule has 1 aromatic rings. The molecule has 1 saturated heterocycles. The second kappa shape index (κ2) is 7.89. The number of hydrogen-bond donors (Lipinski definition) is 0. The van der Waals surface area contributed by atoms with Crippen molar-refractivity contribution >= 4 is 41.2 Å². The van der Waals surface area contributed by atoms with Crippen molar-refractivity contribution in [3.05, 3.63) is 35.4 Å². The van der Waals surface area contributed by atoms with Crippen LogP contribution in [0.4, 0.5) is 0 Å². The maximum Gasteiger partial charge on any atom is 0.344 e. The number of carbonyl (C=O) groups excluding carboxylic acids is 3. The Morgan fingerprint density at radius 2 is 1.76 bits per heavy atom. The molecule has 0 radical (unpaired) electrons. The lowest BCUT2D eigenvalue weighted by atomic mass is 10.1. The number of nitrogens with zero attached hydrogens (tertiary/aromatic N) is 2. The van der Waals surface area contributed by atoms with Crippen molar-refractivity contribution in [2.24, 2.45) is 0 Å². The van der Waals surface area contributed by atoms with Crippen molar-refractivity contribution in [3.63, 3.8) is 0 Å². The molecule has 2 amide bonds. The molecule has 1 heterocycles. The second-order valence-electron chi connectivity index (χ2n) is 5.20. The first-order valence-electron chi connectivity index (χ1n) is 7.56. The third-order valence-corrected chi connectivity index (χ3v) is 4.06. The van der Waals surface area contributed by atoms with Gasteiger partial charge in [0, 0.05) is 19.7 Å². The third kappa shape index (κ3) is 4.03. The van der Waals surface area contributed by atoms with E-state index >= 15 is 0 Å². The Morgan fingerprint density at radius 1 is 1.16 bits per heavy atom. The minimum Gasteiger partial charge on any atom is -0.481 e. The summed E-state index contributed by atoms with van der Waals surface area (Å²) in [4.78, 5) is 38.6. The van der Waals surface area contributed by atoms with E-state index in [9.17, 15) is 14.4 Å². The summed E-state index contributed by atoms with van der Waals surface area (Å²) >= 11 is 5.05. The van der Waals surface area contributed by atoms with E-state index in [0.717, 1.165) is 0 Å². The van der Waals surface area contributed by atoms with Crippen molar-refractivity contribution in [1.29, 1.82) is 0 Å². The summed E-state index contributed by atoms with van der Waals surface area (Å²) in [5, 5.41) is 0.138. The molecule has 0 N–H and O–H groups in total. The van der Waals surface area contributed by atoms with Crippen LogP contribution in [0.15, 0.2) is 29.8 Å². The Hall–Kier alpha value is -2.74. The van der Waals surface area contributed by atoms with Crippen LogP contribution in [0.5, 0.6) is 5.75 Å². The van der Waals surface area contributed by atoms with Crippen molar-refractivity contribution in [3.8, 4) is 5.75 Å². The fraction of sp³-hybridized carbons (Fsp3) is 0.294. The van der Waals surface area contributed by atoms with Crippen LogP contribution in [-0.4, -0.2) is 60.0 Å². The number of amides is 2. The summed E-state index contributed by atoms with van der Waals surface area (Å²) in [5.41, 5.74) is 0.462. The van der Waals surface area contributed by atoms with E-state index in [1.54, 1.807) is 31.2 Å². The molecule has 132 valence electrons. The SMILES string of the molecule is CCOC(=O)COc1ccccc1C=C1C(=O)N(C)C(=S)N(C)C1=O. The van der Waals surface area contributed by atoms with Crippen molar-refractivity contribution in [2.45, 2.75) is 6.92 Å². The van der Waals surface area contributed by atoms with Gasteiger partial charge in [0.15, 0.2) is 11.7 Å². The predicted octanol–water partition coefficient (Wildman–Crippen LogP) is 1.23. The fourth-order valence-electron chi connectivity index (χ4n) is 2.20. The first-order valence-corrected chi connectivity index (χ1v) is 7.96. The average Bonchev–Trinajstić information content (AvgIpc) is 2.61. The van der Waals surface area contributed by atoms with Gasteiger partial charge in [0.05, 0.1) is 6.61 Å². The highest BCUT2D eigenvalue weighted by Gasteiger charge is 2.35. The molecule has 0 bridgehead atoms. The maximum atomic E-state index is 12.4. The quantitative estimate of drug-likeness (QED) is 0.339. The van der Waals surface area contributed by atoms with E-state index in [-0.39, 0.29) is 23.9 Å². The Morgan fingerprint density at radius 3 is 2.36 bits per heavy atom. The molecule has 25 heavy (non-hydrogen) atoms. The van der Waals surface area contributed by atoms with Gasteiger partial charge in [0.25, 0.3) is 11.8 Å². The Balaban J connectivity index is 2.31. The van der Waals surface area contributed by atoms with E-state index < -0.39 is 17.8 Å². The fourth-order valence-corrected chi connectivity index (χ4v) is 2.37. The van der Waals surface area contributed by atoms with Gasteiger partial charge in [0.2, 0.25) is 0 Å². The smallest absolute Gasteiger partial charge is 0.344 e. The maximum absolute atomic E-state index is 12.4. The monoisotopic (exact) mass is 362 g/mol. The highest BCUT2D eigenvalue weighted by atomic mass is 32.1. The second-order valence-corrected chi connectivity index (χ2v) is 5.57. The summed E-state index contributed by atoms with van der Waals surface area (Å²) in [5.74, 6) is -1.12. The predicted molar refractivity (Wildman–Crippen MR) is 94.7 cm³/mol. The number of benzene rings is 1. The molecule has 2 rings (SSSR count). The third-order valence-electron chi connectivity index (χ3n) is 3.51. The molecular weight excluding hydrogens is 344 g/mol. The first-order chi connectivity index (χ1) is 11.9. The van der Waals surface area contributed by atoms with E-state index in [1.807, 2.05) is 0 Å². The van der Waals surface area contributed by atoms with Crippen LogP contribution < -0.4 is 4.74 Å². The molecule has 0 spiro atoms. The number of likely N-dealkylation sites (N-methyl/N-ethyl adjacent to an activating group) is 2. The Bertz CT molecular complexity index is 733. The minimum absolute atomic E-state index is 0.0363. The van der Waals surface area contributed by atoms with Gasteiger partial charge in [-0.15, -0.1) is 0 Å². The van der Waals surface area contributed by atoms with Crippen molar-refractivity contribution < 1.29 is 23.9 Å². The molecule has 0 aliphatic carbocycles. The molecule has 1 aromatic carbocycles. The Kier molecular flexibility index (Phi) is 5.87. The van der Waals surface area contributed by atoms with Gasteiger partial charge in [-0.1, -0.05) is 18.2 Å². The lowest BCUT2D eigenvalue weighted by molar-refractivity contribution is -0.145. The Labute approximate surface area is 150 Å². The minimum atomic E-state index is -0.500. The van der Waals surface area contributed by atoms with E-state index in [1.165, 1.54) is 30.0 Å². The zero-order valence-corrected chi connectivity index (χ0v) is 15.0. The highest BCUT2D eigenvalue weighted by Crippen LogP contribution is 2.24. The lowest BCUT2D eigenvalue weighted by Crippen LogP contribution is -2.52. The standard InChI is InChI=1S/C17H18N2O5S/c1-4-23-14(20)10-24-13-8-6-5-7-11(13)9-12-15(21)18(2)17(25)19(3)16(12)22/h5-9H,4,10H2,1-3H3. The number of thiocarbonyl (C=S) groups is 1. The van der Waals surface area contributed by atoms with Gasteiger partial charge in [-0.3, -0.25) is 19.4 Å². The molecule has 7 nitrogen and oxygen atoms in total. The van der Waals surface area contributed by atoms with Crippen LogP contribution in [0.2, 0.25) is 0 Å². The van der Waals surface area contributed by atoms with Crippen LogP contribution in [0.25, 0.3) is 6.08 Å². The van der Waals surface area contributed by atoms with Gasteiger partial charge in [-0.2, -0.15) is 0 Å². The van der Waals surface area contributed by atoms with Gasteiger partial charge < -0.3 is 9.47 Å². The summed E-state index contributed by atoms with van der Waals surface area (Å²) in [6.07, 6.45) is 1.43. The van der Waals surface area contributed by atoms with Crippen LogP contribution in [-0.2, 0) is 19.1 Å². The molecule has 0 atom stereocenters. The molecule has 0 saturated carbocycles. The molecule has 1 aliphatic rings. The zero-order valence-electron chi connectivity index (χ0n) is 14.1. The normalized spacial score (nSPS) is 14.7. The number of para-hydroxylation sites is 1. The number of rotatable bonds is 5. The topological polar surface area (TPSA) is 76.2 Å². The summed E-state index contributed by atoms with van der Waals surface area (Å²) < 4.78 is 10.3. The van der Waals surface area contributed by atoms with Crippen molar-refractivity contribution in [1.82, 2.24) is 9.80 Å². The van der Waals surface area contributed by atoms with Gasteiger partial charge in [-0.05, 0) is 31.3 Å². The molecule has 0 aromatic heterocycles. The number of ether oxygens (including phenoxy) is 2. The number of carbonyl (C=O) groups is 3. The van der Waals surface area contributed by atoms with E-state index in [4.69, 9.17) is 21.7 Å². The van der Waals surface area contributed by atoms with Crippen LogP contribution in [0.3, 0.4) is 0 Å². The number of hydrogen-bond acceptors (Lipinski definition) is 6. The average molecular weight is 362 g/mol. The van der Waals surface area contributed by atoms with Gasteiger partial charge >= 0.3 is 5.97 Å². The molecule has 1 fully saturated rings. The summed E-state index contributed by atoms with van der Waals surface area (Å²) in [7, 11) is 3.01. The van der Waals surface area contributed by atoms with E-state index in [2.05, 4.69) is 0 Å². The molecule has 0 unspecified atom stereocenters.